The van der Waals surface area contributed by atoms with Crippen LogP contribution in [0.15, 0.2) is 33.9 Å². The number of thioether (sulfide) groups is 1. The van der Waals surface area contributed by atoms with Gasteiger partial charge < -0.3 is 14.8 Å². The number of carbonyl (C=O) groups excluding carboxylic acids is 1. The Hall–Kier alpha value is -1.53. The van der Waals surface area contributed by atoms with Gasteiger partial charge in [0.05, 0.1) is 5.75 Å². The predicted octanol–water partition coefficient (Wildman–Crippen LogP) is 2.05. The molecular formula is C14H18N2O3S. The van der Waals surface area contributed by atoms with E-state index in [0.717, 1.165) is 11.1 Å². The van der Waals surface area contributed by atoms with Gasteiger partial charge >= 0.3 is 0 Å². The zero-order chi connectivity index (χ0) is 14.5. The molecule has 2 atom stereocenters. The molecule has 5 nitrogen and oxygen atoms in total. The van der Waals surface area contributed by atoms with E-state index in [1.165, 1.54) is 11.8 Å². The number of aliphatic hydroxyl groups excluding tert-OH is 1. The van der Waals surface area contributed by atoms with E-state index in [4.69, 9.17) is 9.52 Å². The van der Waals surface area contributed by atoms with Crippen molar-refractivity contribution in [2.24, 2.45) is 5.92 Å². The minimum atomic E-state index is -0.0925. The SMILES string of the molecule is CC(CO)C(C)NC(=O)CSc1nc2ccccc2o1. The highest BCUT2D eigenvalue weighted by Gasteiger charge is 2.15. The largest absolute Gasteiger partial charge is 0.431 e. The topological polar surface area (TPSA) is 75.4 Å². The second-order valence-electron chi connectivity index (χ2n) is 4.75. The third-order valence-electron chi connectivity index (χ3n) is 3.13. The van der Waals surface area contributed by atoms with Crippen LogP contribution in [0.4, 0.5) is 0 Å². The van der Waals surface area contributed by atoms with E-state index in [9.17, 15) is 4.79 Å². The van der Waals surface area contributed by atoms with Gasteiger partial charge in [-0.2, -0.15) is 0 Å². The molecule has 6 heteroatoms. The number of benzene rings is 1. The molecule has 1 amide bonds. The van der Waals surface area contributed by atoms with Crippen LogP contribution >= 0.6 is 11.8 Å². The number of aromatic nitrogens is 1. The number of hydrogen-bond donors (Lipinski definition) is 2. The average molecular weight is 294 g/mol. The Morgan fingerprint density at radius 1 is 1.45 bits per heavy atom. The van der Waals surface area contributed by atoms with E-state index in [0.29, 0.717) is 5.22 Å². The van der Waals surface area contributed by atoms with E-state index in [1.807, 2.05) is 38.1 Å². The smallest absolute Gasteiger partial charge is 0.257 e. The monoisotopic (exact) mass is 294 g/mol. The Kier molecular flexibility index (Phi) is 5.03. The first-order valence-electron chi connectivity index (χ1n) is 6.48. The van der Waals surface area contributed by atoms with Crippen molar-refractivity contribution in [2.45, 2.75) is 25.1 Å². The van der Waals surface area contributed by atoms with Crippen LogP contribution in [-0.4, -0.2) is 34.4 Å². The first-order chi connectivity index (χ1) is 9.60. The quantitative estimate of drug-likeness (QED) is 0.798. The second kappa shape index (κ2) is 6.76. The number of para-hydroxylation sites is 2. The maximum atomic E-state index is 11.8. The lowest BCUT2D eigenvalue weighted by atomic mass is 10.1. The summed E-state index contributed by atoms with van der Waals surface area (Å²) in [5.74, 6) is 0.188. The highest BCUT2D eigenvalue weighted by atomic mass is 32.2. The van der Waals surface area contributed by atoms with Crippen LogP contribution in [0.1, 0.15) is 13.8 Å². The highest BCUT2D eigenvalue weighted by molar-refractivity contribution is 7.99. The van der Waals surface area contributed by atoms with E-state index in [2.05, 4.69) is 10.3 Å². The van der Waals surface area contributed by atoms with E-state index in [-0.39, 0.29) is 30.2 Å². The normalized spacial score (nSPS) is 14.2. The zero-order valence-electron chi connectivity index (χ0n) is 11.5. The third-order valence-corrected chi connectivity index (χ3v) is 3.96. The summed E-state index contributed by atoms with van der Waals surface area (Å²) in [4.78, 5) is 16.1. The number of carbonyl (C=O) groups is 1. The van der Waals surface area contributed by atoms with Gasteiger partial charge in [0, 0.05) is 12.6 Å². The van der Waals surface area contributed by atoms with Crippen molar-refractivity contribution in [1.82, 2.24) is 10.3 Å². The van der Waals surface area contributed by atoms with E-state index in [1.54, 1.807) is 0 Å². The van der Waals surface area contributed by atoms with Gasteiger partial charge in [0.25, 0.3) is 5.22 Å². The number of nitrogens with one attached hydrogen (secondary N) is 1. The van der Waals surface area contributed by atoms with Crippen LogP contribution < -0.4 is 5.32 Å². The summed E-state index contributed by atoms with van der Waals surface area (Å²) >= 11 is 1.26. The molecule has 1 aromatic heterocycles. The van der Waals surface area contributed by atoms with E-state index < -0.39 is 0 Å². The summed E-state index contributed by atoms with van der Waals surface area (Å²) in [6, 6.07) is 7.43. The molecule has 0 fully saturated rings. The Morgan fingerprint density at radius 2 is 2.20 bits per heavy atom. The third kappa shape index (κ3) is 3.74. The van der Waals surface area contributed by atoms with Crippen molar-refractivity contribution < 1.29 is 14.3 Å². The van der Waals surface area contributed by atoms with Gasteiger partial charge in [0.1, 0.15) is 5.52 Å². The lowest BCUT2D eigenvalue weighted by molar-refractivity contribution is -0.119. The van der Waals surface area contributed by atoms with Gasteiger partial charge in [0.2, 0.25) is 5.91 Å². The summed E-state index contributed by atoms with van der Waals surface area (Å²) in [6.45, 7) is 3.82. The van der Waals surface area contributed by atoms with Gasteiger partial charge in [-0.1, -0.05) is 30.8 Å². The van der Waals surface area contributed by atoms with Crippen LogP contribution in [0, 0.1) is 5.92 Å². The molecule has 1 aromatic carbocycles. The first kappa shape index (κ1) is 14.9. The molecule has 0 bridgehead atoms. The molecule has 0 radical (unpaired) electrons. The lowest BCUT2D eigenvalue weighted by Gasteiger charge is -2.18. The predicted molar refractivity (Wildman–Crippen MR) is 78.6 cm³/mol. The molecule has 0 aliphatic rings. The maximum absolute atomic E-state index is 11.8. The fourth-order valence-electron chi connectivity index (χ4n) is 1.64. The van der Waals surface area contributed by atoms with Gasteiger partial charge in [0.15, 0.2) is 5.58 Å². The molecule has 0 spiro atoms. The molecule has 2 N–H and O–H groups in total. The minimum Gasteiger partial charge on any atom is -0.431 e. The molecule has 2 unspecified atom stereocenters. The van der Waals surface area contributed by atoms with Crippen LogP contribution in [0.2, 0.25) is 0 Å². The van der Waals surface area contributed by atoms with Crippen LogP contribution in [-0.2, 0) is 4.79 Å². The van der Waals surface area contributed by atoms with Gasteiger partial charge in [-0.25, -0.2) is 4.98 Å². The molecule has 2 rings (SSSR count). The number of amides is 1. The summed E-state index contributed by atoms with van der Waals surface area (Å²) in [5.41, 5.74) is 1.51. The van der Waals surface area contributed by atoms with Gasteiger partial charge in [-0.05, 0) is 25.0 Å². The standard InChI is InChI=1S/C14H18N2O3S/c1-9(7-17)10(2)15-13(18)8-20-14-16-11-5-3-4-6-12(11)19-14/h3-6,9-10,17H,7-8H2,1-2H3,(H,15,18). The van der Waals surface area contributed by atoms with Crippen molar-refractivity contribution in [1.29, 1.82) is 0 Å². The van der Waals surface area contributed by atoms with Crippen molar-refractivity contribution in [3.63, 3.8) is 0 Å². The summed E-state index contributed by atoms with van der Waals surface area (Å²) in [7, 11) is 0. The number of fused-ring (bicyclic) bond motifs is 1. The summed E-state index contributed by atoms with van der Waals surface area (Å²) < 4.78 is 5.52. The molecule has 0 aliphatic carbocycles. The molecule has 0 saturated carbocycles. The number of hydrogen-bond acceptors (Lipinski definition) is 5. The molecule has 108 valence electrons. The maximum Gasteiger partial charge on any atom is 0.257 e. The van der Waals surface area contributed by atoms with Crippen LogP contribution in [0.25, 0.3) is 11.1 Å². The fourth-order valence-corrected chi connectivity index (χ4v) is 2.29. The number of aliphatic hydroxyl groups is 1. The van der Waals surface area contributed by atoms with Gasteiger partial charge in [-0.3, -0.25) is 4.79 Å². The van der Waals surface area contributed by atoms with Crippen molar-refractivity contribution in [3.8, 4) is 0 Å². The molecule has 2 aromatic rings. The van der Waals surface area contributed by atoms with Gasteiger partial charge in [-0.15, -0.1) is 0 Å². The fraction of sp³-hybridized carbons (Fsp3) is 0.429. The minimum absolute atomic E-state index is 0.0354. The molecule has 0 aliphatic heterocycles. The molecule has 0 saturated heterocycles. The Labute approximate surface area is 121 Å². The van der Waals surface area contributed by atoms with E-state index >= 15 is 0 Å². The van der Waals surface area contributed by atoms with Crippen molar-refractivity contribution in [2.75, 3.05) is 12.4 Å². The Morgan fingerprint density at radius 3 is 2.90 bits per heavy atom. The summed E-state index contributed by atoms with van der Waals surface area (Å²) in [6.07, 6.45) is 0. The van der Waals surface area contributed by atoms with Crippen molar-refractivity contribution in [3.05, 3.63) is 24.3 Å². The van der Waals surface area contributed by atoms with Crippen LogP contribution in [0.3, 0.4) is 0 Å². The zero-order valence-corrected chi connectivity index (χ0v) is 12.3. The second-order valence-corrected chi connectivity index (χ2v) is 5.68. The summed E-state index contributed by atoms with van der Waals surface area (Å²) in [5, 5.41) is 12.4. The molecular weight excluding hydrogens is 276 g/mol. The molecule has 20 heavy (non-hydrogen) atoms. The number of rotatable bonds is 6. The average Bonchev–Trinajstić information content (AvgIpc) is 2.87. The first-order valence-corrected chi connectivity index (χ1v) is 7.47. The van der Waals surface area contributed by atoms with Crippen LogP contribution in [0.5, 0.6) is 0 Å². The number of oxazole rings is 1. The molecule has 1 heterocycles. The Bertz CT molecular complexity index is 552. The Balaban J connectivity index is 1.87. The number of nitrogens with zero attached hydrogens (tertiary/aromatic N) is 1. The van der Waals surface area contributed by atoms with Crippen molar-refractivity contribution >= 4 is 28.8 Å². The lowest BCUT2D eigenvalue weighted by Crippen LogP contribution is -2.39. The highest BCUT2D eigenvalue weighted by Crippen LogP contribution is 2.22.